The molecule has 0 bridgehead atoms. The highest BCUT2D eigenvalue weighted by Gasteiger charge is 2.47. The number of nitrogens with zero attached hydrogens (tertiary/aromatic N) is 5. The number of hydrogen-bond donors (Lipinski definition) is 0. The number of carbonyl (C=O) groups excluding carboxylic acids is 1. The molecule has 6 nitrogen and oxygen atoms in total. The second-order valence-corrected chi connectivity index (χ2v) is 7.59. The number of rotatable bonds is 4. The van der Waals surface area contributed by atoms with E-state index in [9.17, 15) is 18.0 Å². The van der Waals surface area contributed by atoms with Gasteiger partial charge < -0.3 is 4.57 Å². The maximum Gasteiger partial charge on any atom is 0.252 e. The lowest BCUT2D eigenvalue weighted by molar-refractivity contribution is -0.103. The topological polar surface area (TPSA) is 65.1 Å². The van der Waals surface area contributed by atoms with Crippen molar-refractivity contribution in [2.45, 2.75) is 24.8 Å². The van der Waals surface area contributed by atoms with Crippen LogP contribution in [0.4, 0.5) is 13.2 Å². The average molecular weight is 432 g/mol. The summed E-state index contributed by atoms with van der Waals surface area (Å²) in [6.45, 7) is 0. The average Bonchev–Trinajstić information content (AvgIpc) is 3.31. The van der Waals surface area contributed by atoms with Crippen LogP contribution < -0.4 is 0 Å². The summed E-state index contributed by atoms with van der Waals surface area (Å²) >= 11 is 5.93. The molecule has 152 valence electrons. The van der Waals surface area contributed by atoms with Gasteiger partial charge in [-0.25, -0.2) is 27.7 Å². The SMILES string of the molecule is O=Cc1cnc2ccc(-c3c(-c4ccc(F)c(Cl)c4)ncn3C3CC(F)(F)C3)nn12. The molecule has 0 saturated heterocycles. The molecule has 0 N–H and O–H groups in total. The number of carbonyl (C=O) groups is 1. The van der Waals surface area contributed by atoms with Crippen LogP contribution in [0.3, 0.4) is 0 Å². The molecule has 4 aromatic rings. The van der Waals surface area contributed by atoms with Crippen molar-refractivity contribution in [2.24, 2.45) is 0 Å². The summed E-state index contributed by atoms with van der Waals surface area (Å²) in [5.41, 5.74) is 2.54. The number of fused-ring (bicyclic) bond motifs is 1. The van der Waals surface area contributed by atoms with E-state index in [1.165, 1.54) is 35.2 Å². The first-order valence-electron chi connectivity index (χ1n) is 9.07. The fraction of sp³-hybridized carbons (Fsp3) is 0.200. The lowest BCUT2D eigenvalue weighted by Gasteiger charge is -2.36. The van der Waals surface area contributed by atoms with Crippen LogP contribution in [0, 0.1) is 5.82 Å². The lowest BCUT2D eigenvalue weighted by atomic mass is 9.87. The standard InChI is InChI=1S/C20H13ClF3N5O/c21-14-5-11(1-2-15(14)22)18-19(28(10-26-18)12-6-20(23,24)7-12)16-3-4-17-25-8-13(9-30)29(17)27-16/h1-5,8-10,12H,6-7H2. The molecule has 3 heterocycles. The van der Waals surface area contributed by atoms with Crippen LogP contribution in [0.5, 0.6) is 0 Å². The Morgan fingerprint density at radius 2 is 1.97 bits per heavy atom. The van der Waals surface area contributed by atoms with E-state index >= 15 is 0 Å². The minimum Gasteiger partial charge on any atom is -0.325 e. The van der Waals surface area contributed by atoms with Crippen LogP contribution in [0.25, 0.3) is 28.3 Å². The van der Waals surface area contributed by atoms with Gasteiger partial charge in [0.25, 0.3) is 5.92 Å². The van der Waals surface area contributed by atoms with Crippen LogP contribution in [-0.2, 0) is 0 Å². The van der Waals surface area contributed by atoms with Gasteiger partial charge in [-0.2, -0.15) is 5.10 Å². The monoisotopic (exact) mass is 431 g/mol. The van der Waals surface area contributed by atoms with Crippen molar-refractivity contribution in [3.05, 3.63) is 59.4 Å². The first-order valence-corrected chi connectivity index (χ1v) is 9.44. The Balaban J connectivity index is 1.71. The Labute approximate surface area is 172 Å². The fourth-order valence-corrected chi connectivity index (χ4v) is 3.85. The van der Waals surface area contributed by atoms with Crippen molar-refractivity contribution in [3.63, 3.8) is 0 Å². The molecule has 0 aliphatic heterocycles. The zero-order valence-corrected chi connectivity index (χ0v) is 16.0. The molecule has 30 heavy (non-hydrogen) atoms. The van der Waals surface area contributed by atoms with Gasteiger partial charge in [0.15, 0.2) is 11.9 Å². The van der Waals surface area contributed by atoms with Gasteiger partial charge in [-0.15, -0.1) is 0 Å². The van der Waals surface area contributed by atoms with Gasteiger partial charge in [-0.3, -0.25) is 4.79 Å². The van der Waals surface area contributed by atoms with Crippen LogP contribution in [0.2, 0.25) is 5.02 Å². The highest BCUT2D eigenvalue weighted by molar-refractivity contribution is 6.31. The highest BCUT2D eigenvalue weighted by Crippen LogP contribution is 2.48. The Kier molecular flexibility index (Phi) is 4.18. The van der Waals surface area contributed by atoms with Crippen molar-refractivity contribution in [1.29, 1.82) is 0 Å². The largest absolute Gasteiger partial charge is 0.325 e. The number of alkyl halides is 2. The molecule has 0 radical (unpaired) electrons. The van der Waals surface area contributed by atoms with Crippen molar-refractivity contribution in [1.82, 2.24) is 24.1 Å². The summed E-state index contributed by atoms with van der Waals surface area (Å²) in [7, 11) is 0. The van der Waals surface area contributed by atoms with E-state index in [1.54, 1.807) is 16.7 Å². The molecule has 1 saturated carbocycles. The number of aromatic nitrogens is 5. The van der Waals surface area contributed by atoms with E-state index in [0.29, 0.717) is 34.6 Å². The van der Waals surface area contributed by atoms with Gasteiger partial charge in [-0.05, 0) is 30.3 Å². The van der Waals surface area contributed by atoms with Crippen molar-refractivity contribution in [2.75, 3.05) is 0 Å². The van der Waals surface area contributed by atoms with Crippen LogP contribution >= 0.6 is 11.6 Å². The lowest BCUT2D eigenvalue weighted by Crippen LogP contribution is -2.37. The minimum absolute atomic E-state index is 0.0792. The van der Waals surface area contributed by atoms with Gasteiger partial charge >= 0.3 is 0 Å². The van der Waals surface area contributed by atoms with Crippen LogP contribution in [0.1, 0.15) is 29.4 Å². The molecule has 0 unspecified atom stereocenters. The number of hydrogen-bond acceptors (Lipinski definition) is 4. The summed E-state index contributed by atoms with van der Waals surface area (Å²) in [6.07, 6.45) is 2.87. The van der Waals surface area contributed by atoms with E-state index in [2.05, 4.69) is 15.1 Å². The molecule has 0 spiro atoms. The molecular weight excluding hydrogens is 419 g/mol. The molecule has 5 rings (SSSR count). The van der Waals surface area contributed by atoms with Gasteiger partial charge in [0.1, 0.15) is 17.2 Å². The number of aldehydes is 1. The fourth-order valence-electron chi connectivity index (χ4n) is 3.67. The molecule has 0 atom stereocenters. The predicted molar refractivity (Wildman–Crippen MR) is 103 cm³/mol. The second kappa shape index (κ2) is 6.66. The normalized spacial score (nSPS) is 16.0. The smallest absolute Gasteiger partial charge is 0.252 e. The third-order valence-corrected chi connectivity index (χ3v) is 5.49. The Hall–Kier alpha value is -3.20. The summed E-state index contributed by atoms with van der Waals surface area (Å²) in [5, 5.41) is 4.40. The zero-order valence-electron chi connectivity index (χ0n) is 15.3. The molecular formula is C20H13ClF3N5O. The summed E-state index contributed by atoms with van der Waals surface area (Å²) in [6, 6.07) is 7.04. The van der Waals surface area contributed by atoms with E-state index in [-0.39, 0.29) is 23.6 Å². The summed E-state index contributed by atoms with van der Waals surface area (Å²) in [4.78, 5) is 19.8. The van der Waals surface area contributed by atoms with Crippen molar-refractivity contribution >= 4 is 23.5 Å². The first-order chi connectivity index (χ1) is 14.4. The van der Waals surface area contributed by atoms with Crippen molar-refractivity contribution < 1.29 is 18.0 Å². The Morgan fingerprint density at radius 1 is 1.17 bits per heavy atom. The molecule has 0 amide bonds. The Morgan fingerprint density at radius 3 is 2.67 bits per heavy atom. The van der Waals surface area contributed by atoms with E-state index in [0.717, 1.165) is 0 Å². The first kappa shape index (κ1) is 18.8. The summed E-state index contributed by atoms with van der Waals surface area (Å²) in [5.74, 6) is -3.30. The zero-order chi connectivity index (χ0) is 21.0. The Bertz CT molecular complexity index is 1290. The minimum atomic E-state index is -2.72. The third kappa shape index (κ3) is 2.97. The third-order valence-electron chi connectivity index (χ3n) is 5.20. The maximum absolute atomic E-state index is 13.6. The van der Waals surface area contributed by atoms with Gasteiger partial charge in [0.05, 0.1) is 28.9 Å². The highest BCUT2D eigenvalue weighted by atomic mass is 35.5. The van der Waals surface area contributed by atoms with Gasteiger partial charge in [0, 0.05) is 24.4 Å². The quantitative estimate of drug-likeness (QED) is 0.434. The van der Waals surface area contributed by atoms with E-state index in [4.69, 9.17) is 11.6 Å². The molecule has 1 fully saturated rings. The van der Waals surface area contributed by atoms with Crippen LogP contribution in [-0.4, -0.2) is 36.4 Å². The van der Waals surface area contributed by atoms with E-state index < -0.39 is 17.8 Å². The summed E-state index contributed by atoms with van der Waals surface area (Å²) < 4.78 is 43.7. The number of imidazole rings is 2. The molecule has 1 aromatic carbocycles. The maximum atomic E-state index is 13.6. The van der Waals surface area contributed by atoms with Gasteiger partial charge in [-0.1, -0.05) is 11.6 Å². The van der Waals surface area contributed by atoms with Crippen LogP contribution in [0.15, 0.2) is 42.9 Å². The number of halogens is 4. The molecule has 1 aliphatic rings. The van der Waals surface area contributed by atoms with Crippen molar-refractivity contribution in [3.8, 4) is 22.6 Å². The van der Waals surface area contributed by atoms with Gasteiger partial charge in [0.2, 0.25) is 0 Å². The van der Waals surface area contributed by atoms with E-state index in [1.807, 2.05) is 0 Å². The second-order valence-electron chi connectivity index (χ2n) is 7.19. The molecule has 1 aliphatic carbocycles. The number of benzene rings is 1. The molecule has 3 aromatic heterocycles. The molecule has 10 heteroatoms. The predicted octanol–water partition coefficient (Wildman–Crippen LogP) is 4.84.